The molecule has 0 bridgehead atoms. The first kappa shape index (κ1) is 10.8. The van der Waals surface area contributed by atoms with Gasteiger partial charge in [0.2, 0.25) is 0 Å². The van der Waals surface area contributed by atoms with Crippen LogP contribution in [0.1, 0.15) is 18.1 Å². The van der Waals surface area contributed by atoms with E-state index in [9.17, 15) is 0 Å². The Morgan fingerprint density at radius 3 is 2.43 bits per heavy atom. The molecular weight excluding hydrogens is 174 g/mol. The molecule has 74 valence electrons. The Morgan fingerprint density at radius 2 is 2.00 bits per heavy atom. The maximum absolute atomic E-state index is 9.00. The van der Waals surface area contributed by atoms with Crippen molar-refractivity contribution in [2.75, 3.05) is 6.61 Å². The molecule has 0 aliphatic carbocycles. The lowest BCUT2D eigenvalue weighted by atomic mass is 9.94. The number of terminal acetylenes is 1. The van der Waals surface area contributed by atoms with Crippen molar-refractivity contribution in [3.63, 3.8) is 0 Å². The summed E-state index contributed by atoms with van der Waals surface area (Å²) in [7, 11) is 0. The van der Waals surface area contributed by atoms with E-state index >= 15 is 0 Å². The molecular formula is C12H15NO. The topological polar surface area (TPSA) is 46.2 Å². The molecule has 1 rings (SSSR count). The predicted octanol–water partition coefficient (Wildman–Crippen LogP) is 0.920. The van der Waals surface area contributed by atoms with Crippen molar-refractivity contribution in [3.8, 4) is 12.3 Å². The zero-order valence-corrected chi connectivity index (χ0v) is 8.33. The quantitative estimate of drug-likeness (QED) is 0.694. The monoisotopic (exact) mass is 189 g/mol. The van der Waals surface area contributed by atoms with E-state index in [1.807, 2.05) is 31.2 Å². The van der Waals surface area contributed by atoms with Crippen molar-refractivity contribution < 1.29 is 5.11 Å². The van der Waals surface area contributed by atoms with Crippen LogP contribution < -0.4 is 5.73 Å². The van der Waals surface area contributed by atoms with Crippen molar-refractivity contribution in [1.82, 2.24) is 0 Å². The maximum atomic E-state index is 9.00. The molecule has 0 aliphatic rings. The zero-order chi connectivity index (χ0) is 10.6. The van der Waals surface area contributed by atoms with Gasteiger partial charge in [-0.15, -0.1) is 6.42 Å². The van der Waals surface area contributed by atoms with Crippen molar-refractivity contribution in [2.24, 2.45) is 5.73 Å². The van der Waals surface area contributed by atoms with Gasteiger partial charge in [-0.05, 0) is 31.0 Å². The highest BCUT2D eigenvalue weighted by Gasteiger charge is 2.17. The van der Waals surface area contributed by atoms with E-state index in [2.05, 4.69) is 5.92 Å². The molecule has 1 aromatic rings. The fourth-order valence-corrected chi connectivity index (χ4v) is 1.24. The lowest BCUT2D eigenvalue weighted by Crippen LogP contribution is -2.42. The Balaban J connectivity index is 2.75. The fourth-order valence-electron chi connectivity index (χ4n) is 1.24. The molecule has 0 aromatic heterocycles. The third-order valence-corrected chi connectivity index (χ3v) is 2.09. The summed E-state index contributed by atoms with van der Waals surface area (Å²) in [4.78, 5) is 0. The van der Waals surface area contributed by atoms with E-state index in [1.165, 1.54) is 0 Å². The number of hydrogen-bond donors (Lipinski definition) is 2. The van der Waals surface area contributed by atoms with Crippen molar-refractivity contribution in [1.29, 1.82) is 0 Å². The molecule has 0 heterocycles. The first-order valence-electron chi connectivity index (χ1n) is 4.53. The second kappa shape index (κ2) is 4.28. The van der Waals surface area contributed by atoms with Gasteiger partial charge in [-0.25, -0.2) is 0 Å². The standard InChI is InChI=1S/C12H15NO/c1-3-10-4-6-11(7-5-10)8-12(2,13)9-14/h1,4-7,14H,8-9,13H2,2H3. The average Bonchev–Trinajstić information content (AvgIpc) is 2.19. The first-order chi connectivity index (χ1) is 6.57. The summed E-state index contributed by atoms with van der Waals surface area (Å²) in [6.45, 7) is 1.80. The van der Waals surface area contributed by atoms with Gasteiger partial charge in [-0.3, -0.25) is 0 Å². The van der Waals surface area contributed by atoms with E-state index in [-0.39, 0.29) is 6.61 Å². The van der Waals surface area contributed by atoms with Gasteiger partial charge in [-0.1, -0.05) is 18.1 Å². The van der Waals surface area contributed by atoms with Crippen LogP contribution in [0.25, 0.3) is 0 Å². The normalized spacial score (nSPS) is 14.4. The van der Waals surface area contributed by atoms with Gasteiger partial charge < -0.3 is 10.8 Å². The third-order valence-electron chi connectivity index (χ3n) is 2.09. The van der Waals surface area contributed by atoms with E-state index in [0.29, 0.717) is 6.42 Å². The molecule has 0 spiro atoms. The molecule has 2 nitrogen and oxygen atoms in total. The van der Waals surface area contributed by atoms with Crippen LogP contribution in [-0.4, -0.2) is 17.3 Å². The second-order valence-corrected chi connectivity index (χ2v) is 3.83. The Labute approximate surface area is 84.8 Å². The number of aliphatic hydroxyl groups is 1. The molecule has 1 aromatic carbocycles. The summed E-state index contributed by atoms with van der Waals surface area (Å²) in [6, 6.07) is 7.64. The minimum Gasteiger partial charge on any atom is -0.394 e. The highest BCUT2D eigenvalue weighted by molar-refractivity contribution is 5.34. The predicted molar refractivity (Wildman–Crippen MR) is 57.8 cm³/mol. The Hall–Kier alpha value is -1.30. The van der Waals surface area contributed by atoms with Crippen molar-refractivity contribution >= 4 is 0 Å². The van der Waals surface area contributed by atoms with Crippen LogP contribution in [0.4, 0.5) is 0 Å². The fraction of sp³-hybridized carbons (Fsp3) is 0.333. The van der Waals surface area contributed by atoms with Crippen molar-refractivity contribution in [3.05, 3.63) is 35.4 Å². The maximum Gasteiger partial charge on any atom is 0.0611 e. The Morgan fingerprint density at radius 1 is 1.43 bits per heavy atom. The summed E-state index contributed by atoms with van der Waals surface area (Å²) < 4.78 is 0. The molecule has 0 amide bonds. The highest BCUT2D eigenvalue weighted by atomic mass is 16.3. The average molecular weight is 189 g/mol. The van der Waals surface area contributed by atoms with Gasteiger partial charge >= 0.3 is 0 Å². The lowest BCUT2D eigenvalue weighted by molar-refractivity contribution is 0.208. The molecule has 14 heavy (non-hydrogen) atoms. The molecule has 3 N–H and O–H groups in total. The number of aliphatic hydroxyl groups excluding tert-OH is 1. The van der Waals surface area contributed by atoms with Crippen molar-refractivity contribution in [2.45, 2.75) is 18.9 Å². The minimum atomic E-state index is -0.558. The van der Waals surface area contributed by atoms with Crippen LogP contribution in [0.5, 0.6) is 0 Å². The van der Waals surface area contributed by atoms with Crippen LogP contribution >= 0.6 is 0 Å². The summed E-state index contributed by atoms with van der Waals surface area (Å²) in [6.07, 6.45) is 5.89. The van der Waals surface area contributed by atoms with E-state index in [0.717, 1.165) is 11.1 Å². The van der Waals surface area contributed by atoms with Gasteiger partial charge in [0, 0.05) is 11.1 Å². The number of benzene rings is 1. The van der Waals surface area contributed by atoms with Gasteiger partial charge in [0.25, 0.3) is 0 Å². The molecule has 0 saturated carbocycles. The number of hydrogen-bond acceptors (Lipinski definition) is 2. The van der Waals surface area contributed by atoms with Crippen LogP contribution in [0.3, 0.4) is 0 Å². The minimum absolute atomic E-state index is 0.0239. The largest absolute Gasteiger partial charge is 0.394 e. The van der Waals surface area contributed by atoms with E-state index < -0.39 is 5.54 Å². The Bertz CT molecular complexity index is 332. The Kier molecular flexibility index (Phi) is 3.29. The van der Waals surface area contributed by atoms with Gasteiger partial charge in [0.15, 0.2) is 0 Å². The summed E-state index contributed by atoms with van der Waals surface area (Å²) in [5.74, 6) is 2.55. The zero-order valence-electron chi connectivity index (χ0n) is 8.33. The molecule has 0 aliphatic heterocycles. The third kappa shape index (κ3) is 2.88. The van der Waals surface area contributed by atoms with E-state index in [4.69, 9.17) is 17.3 Å². The van der Waals surface area contributed by atoms with Crippen LogP contribution in [0, 0.1) is 12.3 Å². The molecule has 1 atom stereocenters. The summed E-state index contributed by atoms with van der Waals surface area (Å²) in [5.41, 5.74) is 7.21. The van der Waals surface area contributed by atoms with Crippen LogP contribution in [0.15, 0.2) is 24.3 Å². The van der Waals surface area contributed by atoms with Gasteiger partial charge in [0.1, 0.15) is 0 Å². The smallest absolute Gasteiger partial charge is 0.0611 e. The first-order valence-corrected chi connectivity index (χ1v) is 4.53. The molecule has 1 unspecified atom stereocenters. The molecule has 0 fully saturated rings. The SMILES string of the molecule is C#Cc1ccc(CC(C)(N)CO)cc1. The van der Waals surface area contributed by atoms with Crippen LogP contribution in [-0.2, 0) is 6.42 Å². The molecule has 2 heteroatoms. The summed E-state index contributed by atoms with van der Waals surface area (Å²) >= 11 is 0. The summed E-state index contributed by atoms with van der Waals surface area (Å²) in [5, 5.41) is 9.00. The van der Waals surface area contributed by atoms with Crippen LogP contribution in [0.2, 0.25) is 0 Å². The highest BCUT2D eigenvalue weighted by Crippen LogP contribution is 2.11. The van der Waals surface area contributed by atoms with E-state index in [1.54, 1.807) is 0 Å². The number of nitrogens with two attached hydrogens (primary N) is 1. The lowest BCUT2D eigenvalue weighted by Gasteiger charge is -2.21. The second-order valence-electron chi connectivity index (χ2n) is 3.83. The van der Waals surface area contributed by atoms with Gasteiger partial charge in [0.05, 0.1) is 6.61 Å². The number of rotatable bonds is 3. The molecule has 0 saturated heterocycles. The molecule has 0 radical (unpaired) electrons. The van der Waals surface area contributed by atoms with Gasteiger partial charge in [-0.2, -0.15) is 0 Å².